The van der Waals surface area contributed by atoms with Crippen LogP contribution in [-0.2, 0) is 10.2 Å². The Morgan fingerprint density at radius 3 is 2.59 bits per heavy atom. The van der Waals surface area contributed by atoms with Crippen LogP contribution in [0.5, 0.6) is 0 Å². The molecular weight excluding hydrogens is 409 g/mol. The second kappa shape index (κ2) is 10.4. The monoisotopic (exact) mass is 441 g/mol. The van der Waals surface area contributed by atoms with Crippen molar-refractivity contribution in [2.75, 3.05) is 38.2 Å². The van der Waals surface area contributed by atoms with Crippen molar-refractivity contribution in [1.82, 2.24) is 10.2 Å². The Morgan fingerprint density at radius 2 is 1.84 bits per heavy atom. The summed E-state index contributed by atoms with van der Waals surface area (Å²) in [5.41, 5.74) is 1.31. The minimum atomic E-state index is -0.403. The maximum atomic E-state index is 13.4. The molecule has 2 fully saturated rings. The first-order valence-corrected chi connectivity index (χ1v) is 11.4. The van der Waals surface area contributed by atoms with E-state index in [2.05, 4.69) is 27.7 Å². The average molecular weight is 442 g/mol. The summed E-state index contributed by atoms with van der Waals surface area (Å²) in [4.78, 5) is 14.9. The molecule has 7 heteroatoms. The normalized spacial score (nSPS) is 26.8. The highest BCUT2D eigenvalue weighted by Gasteiger charge is 2.40. The molecule has 4 rings (SSSR count). The van der Waals surface area contributed by atoms with E-state index in [-0.39, 0.29) is 17.5 Å². The number of halogens is 1. The molecule has 3 N–H and O–H groups in total. The molecule has 2 amide bonds. The van der Waals surface area contributed by atoms with Gasteiger partial charge in [0.2, 0.25) is 0 Å². The highest BCUT2D eigenvalue weighted by atomic mass is 19.1. The standard InChI is InChI=1S/C25H32FN3O3/c26-20-7-4-8-21(17-20)28-24(31)27-18-25(19-5-2-1-3-6-19)11-9-22(23(30)10-12-25)29-13-15-32-16-14-29/h1-8,17,22-23,30H,9-16,18H2,(H2,27,28,31)/t22-,23-,25-/m1/s1. The van der Waals surface area contributed by atoms with Crippen molar-refractivity contribution in [2.24, 2.45) is 0 Å². The van der Waals surface area contributed by atoms with Gasteiger partial charge in [0.05, 0.1) is 19.3 Å². The van der Waals surface area contributed by atoms with E-state index in [0.717, 1.165) is 32.4 Å². The predicted octanol–water partition coefficient (Wildman–Crippen LogP) is 3.52. The van der Waals surface area contributed by atoms with Crippen molar-refractivity contribution < 1.29 is 19.0 Å². The van der Waals surface area contributed by atoms with Gasteiger partial charge in [-0.15, -0.1) is 0 Å². The molecule has 2 aromatic carbocycles. The highest BCUT2D eigenvalue weighted by molar-refractivity contribution is 5.89. The van der Waals surface area contributed by atoms with Gasteiger partial charge in [-0.2, -0.15) is 0 Å². The van der Waals surface area contributed by atoms with Crippen molar-refractivity contribution in [2.45, 2.75) is 43.2 Å². The summed E-state index contributed by atoms with van der Waals surface area (Å²) < 4.78 is 18.9. The maximum absolute atomic E-state index is 13.4. The summed E-state index contributed by atoms with van der Waals surface area (Å²) in [6.45, 7) is 3.53. The lowest BCUT2D eigenvalue weighted by atomic mass is 9.74. The van der Waals surface area contributed by atoms with E-state index in [4.69, 9.17) is 4.74 Å². The molecule has 32 heavy (non-hydrogen) atoms. The molecule has 6 nitrogen and oxygen atoms in total. The predicted molar refractivity (Wildman–Crippen MR) is 122 cm³/mol. The number of aliphatic hydroxyl groups is 1. The minimum Gasteiger partial charge on any atom is -0.391 e. The largest absolute Gasteiger partial charge is 0.391 e. The van der Waals surface area contributed by atoms with Gasteiger partial charge in [0, 0.05) is 36.8 Å². The van der Waals surface area contributed by atoms with Gasteiger partial charge in [-0.05, 0) is 49.4 Å². The first-order chi connectivity index (χ1) is 15.6. The van der Waals surface area contributed by atoms with Crippen LogP contribution < -0.4 is 10.6 Å². The molecular formula is C25H32FN3O3. The number of ether oxygens (including phenoxy) is 1. The highest BCUT2D eigenvalue weighted by Crippen LogP contribution is 2.39. The van der Waals surface area contributed by atoms with Crippen molar-refractivity contribution >= 4 is 11.7 Å². The van der Waals surface area contributed by atoms with Gasteiger partial charge in [0.1, 0.15) is 5.82 Å². The van der Waals surface area contributed by atoms with Crippen LogP contribution in [0.2, 0.25) is 0 Å². The van der Waals surface area contributed by atoms with E-state index in [1.807, 2.05) is 18.2 Å². The number of aliphatic hydroxyl groups excluding tert-OH is 1. The quantitative estimate of drug-likeness (QED) is 0.621. The average Bonchev–Trinajstić information content (AvgIpc) is 2.98. The fourth-order valence-electron chi connectivity index (χ4n) is 5.04. The van der Waals surface area contributed by atoms with Crippen LogP contribution in [0.4, 0.5) is 14.9 Å². The first kappa shape index (κ1) is 22.7. The van der Waals surface area contributed by atoms with Gasteiger partial charge in [-0.3, -0.25) is 4.90 Å². The number of nitrogens with zero attached hydrogens (tertiary/aromatic N) is 1. The van der Waals surface area contributed by atoms with Crippen LogP contribution in [0.15, 0.2) is 54.6 Å². The lowest BCUT2D eigenvalue weighted by Gasteiger charge is -2.37. The third kappa shape index (κ3) is 5.46. The zero-order chi connectivity index (χ0) is 22.4. The van der Waals surface area contributed by atoms with Crippen LogP contribution in [0, 0.1) is 5.82 Å². The molecule has 0 radical (unpaired) electrons. The fourth-order valence-corrected chi connectivity index (χ4v) is 5.04. The number of carbonyl (C=O) groups is 1. The van der Waals surface area contributed by atoms with Crippen LogP contribution in [0.25, 0.3) is 0 Å². The Bertz CT molecular complexity index is 891. The summed E-state index contributed by atoms with van der Waals surface area (Å²) in [6.07, 6.45) is 2.75. The second-order valence-electron chi connectivity index (χ2n) is 8.82. The third-order valence-corrected chi connectivity index (χ3v) is 6.85. The SMILES string of the molecule is O=C(NC[C@]1(c2ccccc2)CC[C@@H](O)[C@H](N2CCOCC2)CC1)Nc1cccc(F)c1. The zero-order valence-corrected chi connectivity index (χ0v) is 18.3. The van der Waals surface area contributed by atoms with E-state index < -0.39 is 11.9 Å². The minimum absolute atomic E-state index is 0.102. The lowest BCUT2D eigenvalue weighted by molar-refractivity contribution is -0.0236. The zero-order valence-electron chi connectivity index (χ0n) is 18.3. The number of amides is 2. The van der Waals surface area contributed by atoms with Crippen molar-refractivity contribution in [3.8, 4) is 0 Å². The molecule has 172 valence electrons. The van der Waals surface area contributed by atoms with Crippen molar-refractivity contribution in [3.63, 3.8) is 0 Å². The Labute approximate surface area is 188 Å². The van der Waals surface area contributed by atoms with Crippen LogP contribution in [-0.4, -0.2) is 61.0 Å². The van der Waals surface area contributed by atoms with Crippen LogP contribution >= 0.6 is 0 Å². The Balaban J connectivity index is 1.48. The molecule has 0 aromatic heterocycles. The fraction of sp³-hybridized carbons (Fsp3) is 0.480. The van der Waals surface area contributed by atoms with E-state index >= 15 is 0 Å². The van der Waals surface area contributed by atoms with Crippen molar-refractivity contribution in [1.29, 1.82) is 0 Å². The first-order valence-electron chi connectivity index (χ1n) is 11.4. The number of carbonyl (C=O) groups excluding carboxylic acids is 1. The number of benzene rings is 2. The number of morpholine rings is 1. The van der Waals surface area contributed by atoms with Gasteiger partial charge < -0.3 is 20.5 Å². The van der Waals surface area contributed by atoms with Crippen LogP contribution in [0.3, 0.4) is 0 Å². The van der Waals surface area contributed by atoms with E-state index in [1.54, 1.807) is 12.1 Å². The van der Waals surface area contributed by atoms with Gasteiger partial charge in [-0.1, -0.05) is 36.4 Å². The summed E-state index contributed by atoms with van der Waals surface area (Å²) >= 11 is 0. The molecule has 3 atom stereocenters. The Hall–Kier alpha value is -2.48. The van der Waals surface area contributed by atoms with Crippen LogP contribution in [0.1, 0.15) is 31.2 Å². The van der Waals surface area contributed by atoms with E-state index in [9.17, 15) is 14.3 Å². The van der Waals surface area contributed by atoms with Gasteiger partial charge in [-0.25, -0.2) is 9.18 Å². The maximum Gasteiger partial charge on any atom is 0.319 e. The number of rotatable bonds is 5. The molecule has 0 spiro atoms. The third-order valence-electron chi connectivity index (χ3n) is 6.85. The number of hydrogen-bond acceptors (Lipinski definition) is 4. The molecule has 2 aliphatic rings. The molecule has 0 bridgehead atoms. The smallest absolute Gasteiger partial charge is 0.319 e. The molecule has 1 saturated heterocycles. The molecule has 1 heterocycles. The van der Waals surface area contributed by atoms with Gasteiger partial charge in [0.25, 0.3) is 0 Å². The summed E-state index contributed by atoms with van der Waals surface area (Å²) in [6, 6.07) is 15.8. The van der Waals surface area contributed by atoms with Crippen molar-refractivity contribution in [3.05, 3.63) is 66.0 Å². The lowest BCUT2D eigenvalue weighted by Crippen LogP contribution is -2.48. The molecule has 2 aromatic rings. The van der Waals surface area contributed by atoms with E-state index in [1.165, 1.54) is 17.7 Å². The van der Waals surface area contributed by atoms with Gasteiger partial charge >= 0.3 is 6.03 Å². The number of hydrogen-bond donors (Lipinski definition) is 3. The number of urea groups is 1. The number of anilines is 1. The molecule has 1 aliphatic heterocycles. The van der Waals surface area contributed by atoms with E-state index in [0.29, 0.717) is 31.9 Å². The summed E-state index contributed by atoms with van der Waals surface area (Å²) in [7, 11) is 0. The molecule has 1 aliphatic carbocycles. The summed E-state index contributed by atoms with van der Waals surface area (Å²) in [5.74, 6) is -0.393. The topological polar surface area (TPSA) is 73.8 Å². The second-order valence-corrected chi connectivity index (χ2v) is 8.82. The Kier molecular flexibility index (Phi) is 7.40. The summed E-state index contributed by atoms with van der Waals surface area (Å²) in [5, 5.41) is 16.7. The Morgan fingerprint density at radius 1 is 1.09 bits per heavy atom. The molecule has 1 saturated carbocycles. The molecule has 0 unspecified atom stereocenters. The number of nitrogens with one attached hydrogen (secondary N) is 2. The van der Waals surface area contributed by atoms with Gasteiger partial charge in [0.15, 0.2) is 0 Å².